The van der Waals surface area contributed by atoms with E-state index in [1.54, 1.807) is 22.7 Å². The summed E-state index contributed by atoms with van der Waals surface area (Å²) in [6, 6.07) is 12.6. The van der Waals surface area contributed by atoms with E-state index in [4.69, 9.17) is 0 Å². The zero-order valence-corrected chi connectivity index (χ0v) is 17.3. The van der Waals surface area contributed by atoms with Gasteiger partial charge in [-0.15, -0.1) is 22.7 Å². The van der Waals surface area contributed by atoms with E-state index in [0.29, 0.717) is 0 Å². The highest BCUT2D eigenvalue weighted by molar-refractivity contribution is 7.16. The van der Waals surface area contributed by atoms with Crippen molar-refractivity contribution in [3.63, 3.8) is 0 Å². The second-order valence-electron chi connectivity index (χ2n) is 6.83. The van der Waals surface area contributed by atoms with Gasteiger partial charge in [0, 0.05) is 35.8 Å². The van der Waals surface area contributed by atoms with Gasteiger partial charge < -0.3 is 0 Å². The molecule has 2 aromatic heterocycles. The summed E-state index contributed by atoms with van der Waals surface area (Å²) in [5.74, 6) is -0.0463. The zero-order chi connectivity index (χ0) is 18.8. The molecular weight excluding hydrogens is 374 g/mol. The summed E-state index contributed by atoms with van der Waals surface area (Å²) < 4.78 is 0. The molecule has 0 aliphatic carbocycles. The van der Waals surface area contributed by atoms with Gasteiger partial charge >= 0.3 is 0 Å². The molecule has 0 fully saturated rings. The van der Waals surface area contributed by atoms with Crippen molar-refractivity contribution in [2.45, 2.75) is 39.8 Å². The number of aromatic nitrogens is 1. The van der Waals surface area contributed by atoms with Crippen LogP contribution in [0.25, 0.3) is 0 Å². The predicted octanol–water partition coefficient (Wildman–Crippen LogP) is 4.89. The van der Waals surface area contributed by atoms with Gasteiger partial charge in [0.25, 0.3) is 5.91 Å². The van der Waals surface area contributed by atoms with Crippen LogP contribution < -0.4 is 5.32 Å². The first-order valence-electron chi connectivity index (χ1n) is 9.28. The quantitative estimate of drug-likeness (QED) is 0.667. The number of hydrogen-bond acceptors (Lipinski definition) is 5. The summed E-state index contributed by atoms with van der Waals surface area (Å²) in [6.45, 7) is 7.05. The van der Waals surface area contributed by atoms with Gasteiger partial charge in [-0.25, -0.2) is 4.98 Å². The first-order chi connectivity index (χ1) is 13.1. The normalized spacial score (nSPS) is 14.1. The fraction of sp³-hybridized carbons (Fsp3) is 0.333. The van der Waals surface area contributed by atoms with Crippen LogP contribution in [0.5, 0.6) is 0 Å². The highest BCUT2D eigenvalue weighted by Crippen LogP contribution is 2.30. The van der Waals surface area contributed by atoms with E-state index in [-0.39, 0.29) is 5.91 Å². The molecular formula is C21H23N3OS2. The van der Waals surface area contributed by atoms with Crippen molar-refractivity contribution in [1.29, 1.82) is 0 Å². The number of thiazole rings is 1. The molecule has 1 aliphatic rings. The van der Waals surface area contributed by atoms with E-state index in [1.807, 2.05) is 6.07 Å². The fourth-order valence-corrected chi connectivity index (χ4v) is 5.47. The van der Waals surface area contributed by atoms with Crippen LogP contribution in [-0.4, -0.2) is 22.3 Å². The minimum atomic E-state index is -0.0463. The van der Waals surface area contributed by atoms with Crippen LogP contribution >= 0.6 is 22.7 Å². The van der Waals surface area contributed by atoms with Gasteiger partial charge in [-0.2, -0.15) is 0 Å². The molecule has 4 rings (SSSR count). The summed E-state index contributed by atoms with van der Waals surface area (Å²) >= 11 is 3.17. The van der Waals surface area contributed by atoms with Crippen LogP contribution in [0.15, 0.2) is 36.4 Å². The molecule has 140 valence electrons. The lowest BCUT2D eigenvalue weighted by molar-refractivity contribution is 0.103. The highest BCUT2D eigenvalue weighted by Gasteiger charge is 2.22. The van der Waals surface area contributed by atoms with E-state index >= 15 is 0 Å². The van der Waals surface area contributed by atoms with E-state index in [2.05, 4.69) is 59.4 Å². The Kier molecular flexibility index (Phi) is 5.38. The van der Waals surface area contributed by atoms with Crippen molar-refractivity contribution in [2.24, 2.45) is 0 Å². The van der Waals surface area contributed by atoms with Crippen molar-refractivity contribution >= 4 is 33.7 Å². The molecule has 0 saturated carbocycles. The van der Waals surface area contributed by atoms with Crippen LogP contribution in [0, 0.1) is 6.92 Å². The second-order valence-corrected chi connectivity index (χ2v) is 9.17. The molecule has 3 aromatic rings. The number of hydrogen-bond donors (Lipinski definition) is 1. The van der Waals surface area contributed by atoms with Crippen LogP contribution in [0.3, 0.4) is 0 Å². The molecule has 27 heavy (non-hydrogen) atoms. The third-order valence-corrected chi connectivity index (χ3v) is 6.99. The Balaban J connectivity index is 1.43. The van der Waals surface area contributed by atoms with Crippen molar-refractivity contribution in [3.8, 4) is 0 Å². The van der Waals surface area contributed by atoms with Crippen molar-refractivity contribution in [3.05, 3.63) is 67.9 Å². The molecule has 0 atom stereocenters. The number of aryl methyl sites for hydroxylation is 2. The molecule has 0 bridgehead atoms. The molecule has 1 amide bonds. The van der Waals surface area contributed by atoms with Crippen LogP contribution in [-0.2, 0) is 25.9 Å². The SMILES string of the molecule is CCc1cc(C(=O)Nc2nc3c(s2)CN(Cc2ccccc2)CC3)sc1C. The predicted molar refractivity (Wildman–Crippen MR) is 113 cm³/mol. The maximum absolute atomic E-state index is 12.6. The maximum Gasteiger partial charge on any atom is 0.267 e. The first kappa shape index (κ1) is 18.3. The van der Waals surface area contributed by atoms with Gasteiger partial charge in [0.1, 0.15) is 0 Å². The van der Waals surface area contributed by atoms with E-state index in [0.717, 1.165) is 48.2 Å². The largest absolute Gasteiger partial charge is 0.297 e. The summed E-state index contributed by atoms with van der Waals surface area (Å²) in [5, 5.41) is 3.72. The Hall–Kier alpha value is -2.02. The molecule has 1 N–H and O–H groups in total. The summed E-state index contributed by atoms with van der Waals surface area (Å²) in [6.07, 6.45) is 1.89. The first-order valence-corrected chi connectivity index (χ1v) is 10.9. The average Bonchev–Trinajstić information content (AvgIpc) is 3.24. The van der Waals surface area contributed by atoms with Crippen LogP contribution in [0.2, 0.25) is 0 Å². The smallest absolute Gasteiger partial charge is 0.267 e. The standard InChI is InChI=1S/C21H23N3OS2/c1-3-16-11-18(26-14(16)2)20(25)23-21-22-17-9-10-24(13-19(17)27-21)12-15-7-5-4-6-8-15/h4-8,11H,3,9-10,12-13H2,1-2H3,(H,22,23,25). The Morgan fingerprint density at radius 1 is 1.26 bits per heavy atom. The number of rotatable bonds is 5. The molecule has 0 unspecified atom stereocenters. The molecule has 0 spiro atoms. The highest BCUT2D eigenvalue weighted by atomic mass is 32.1. The van der Waals surface area contributed by atoms with E-state index in [1.165, 1.54) is 20.9 Å². The van der Waals surface area contributed by atoms with Crippen LogP contribution in [0.1, 0.15) is 43.2 Å². The number of anilines is 1. The number of nitrogens with one attached hydrogen (secondary N) is 1. The lowest BCUT2D eigenvalue weighted by Crippen LogP contribution is -2.29. The fourth-order valence-electron chi connectivity index (χ4n) is 3.42. The molecule has 0 saturated heterocycles. The maximum atomic E-state index is 12.6. The topological polar surface area (TPSA) is 45.2 Å². The van der Waals surface area contributed by atoms with Gasteiger partial charge in [-0.1, -0.05) is 37.3 Å². The van der Waals surface area contributed by atoms with E-state index < -0.39 is 0 Å². The summed E-state index contributed by atoms with van der Waals surface area (Å²) in [5.41, 5.74) is 3.72. The number of carbonyl (C=O) groups is 1. The average molecular weight is 398 g/mol. The Morgan fingerprint density at radius 3 is 2.81 bits per heavy atom. The number of benzene rings is 1. The monoisotopic (exact) mass is 397 g/mol. The number of thiophene rings is 1. The third-order valence-electron chi connectivity index (χ3n) is 4.91. The van der Waals surface area contributed by atoms with Gasteiger partial charge in [-0.3, -0.25) is 15.0 Å². The summed E-state index contributed by atoms with van der Waals surface area (Å²) in [4.78, 5) is 22.9. The molecule has 0 radical (unpaired) electrons. The molecule has 3 heterocycles. The van der Waals surface area contributed by atoms with Gasteiger partial charge in [0.2, 0.25) is 0 Å². The molecule has 6 heteroatoms. The zero-order valence-electron chi connectivity index (χ0n) is 15.6. The molecule has 1 aromatic carbocycles. The summed E-state index contributed by atoms with van der Waals surface area (Å²) in [7, 11) is 0. The lowest BCUT2D eigenvalue weighted by Gasteiger charge is -2.25. The Morgan fingerprint density at radius 2 is 2.07 bits per heavy atom. The second kappa shape index (κ2) is 7.92. The Labute approximate surface area is 167 Å². The van der Waals surface area contributed by atoms with Crippen molar-refractivity contribution in [2.75, 3.05) is 11.9 Å². The van der Waals surface area contributed by atoms with Crippen molar-refractivity contribution in [1.82, 2.24) is 9.88 Å². The van der Waals surface area contributed by atoms with Crippen LogP contribution in [0.4, 0.5) is 5.13 Å². The number of fused-ring (bicyclic) bond motifs is 1. The van der Waals surface area contributed by atoms with Gasteiger partial charge in [0.15, 0.2) is 5.13 Å². The molecule has 4 nitrogen and oxygen atoms in total. The lowest BCUT2D eigenvalue weighted by atomic mass is 10.1. The van der Waals surface area contributed by atoms with Gasteiger partial charge in [0.05, 0.1) is 10.6 Å². The minimum Gasteiger partial charge on any atom is -0.297 e. The third kappa shape index (κ3) is 4.13. The number of carbonyl (C=O) groups excluding carboxylic acids is 1. The number of amides is 1. The minimum absolute atomic E-state index is 0.0463. The van der Waals surface area contributed by atoms with Crippen molar-refractivity contribution < 1.29 is 4.79 Å². The van der Waals surface area contributed by atoms with E-state index in [9.17, 15) is 4.79 Å². The number of nitrogens with zero attached hydrogens (tertiary/aromatic N) is 2. The van der Waals surface area contributed by atoms with Gasteiger partial charge in [-0.05, 0) is 30.5 Å². The molecule has 1 aliphatic heterocycles. The Bertz CT molecular complexity index is 946.